The molecule has 1 unspecified atom stereocenters. The summed E-state index contributed by atoms with van der Waals surface area (Å²) < 4.78 is 0. The third-order valence-corrected chi connectivity index (χ3v) is 3.47. The Labute approximate surface area is 105 Å². The van der Waals surface area contributed by atoms with E-state index in [1.165, 1.54) is 38.8 Å². The first-order valence-electron chi connectivity index (χ1n) is 6.94. The van der Waals surface area contributed by atoms with Gasteiger partial charge in [0.25, 0.3) is 0 Å². The zero-order valence-corrected chi connectivity index (χ0v) is 11.1. The molecule has 4 nitrogen and oxygen atoms in total. The normalized spacial score (nSPS) is 19.6. The first kappa shape index (κ1) is 14.5. The summed E-state index contributed by atoms with van der Waals surface area (Å²) in [6.45, 7) is 6.66. The maximum atomic E-state index is 11.7. The molecule has 100 valence electrons. The van der Waals surface area contributed by atoms with Gasteiger partial charge in [-0.3, -0.25) is 4.79 Å². The van der Waals surface area contributed by atoms with Gasteiger partial charge in [0.15, 0.2) is 0 Å². The summed E-state index contributed by atoms with van der Waals surface area (Å²) in [5.74, 6) is 0.189. The van der Waals surface area contributed by atoms with Crippen molar-refractivity contribution in [1.29, 1.82) is 0 Å². The number of hydrogen-bond donors (Lipinski definition) is 2. The molecule has 1 aliphatic heterocycles. The van der Waals surface area contributed by atoms with Crippen LogP contribution >= 0.6 is 0 Å². The molecule has 0 aliphatic carbocycles. The van der Waals surface area contributed by atoms with Crippen LogP contribution in [0.2, 0.25) is 0 Å². The minimum Gasteiger partial charge on any atom is -0.355 e. The Bertz CT molecular complexity index is 213. The Morgan fingerprint density at radius 3 is 2.53 bits per heavy atom. The quantitative estimate of drug-likeness (QED) is 0.728. The van der Waals surface area contributed by atoms with Gasteiger partial charge in [-0.25, -0.2) is 0 Å². The van der Waals surface area contributed by atoms with E-state index in [2.05, 4.69) is 10.2 Å². The number of rotatable bonds is 6. The highest BCUT2D eigenvalue weighted by molar-refractivity contribution is 5.78. The minimum absolute atomic E-state index is 0.0455. The maximum absolute atomic E-state index is 11.7. The zero-order valence-electron chi connectivity index (χ0n) is 11.1. The first-order valence-corrected chi connectivity index (χ1v) is 6.94. The summed E-state index contributed by atoms with van der Waals surface area (Å²) in [6.07, 6.45) is 6.09. The van der Waals surface area contributed by atoms with Gasteiger partial charge in [-0.1, -0.05) is 19.8 Å². The monoisotopic (exact) mass is 241 g/mol. The second-order valence-corrected chi connectivity index (χ2v) is 5.03. The van der Waals surface area contributed by atoms with Crippen LogP contribution in [0.5, 0.6) is 0 Å². The summed E-state index contributed by atoms with van der Waals surface area (Å²) in [4.78, 5) is 14.1. The number of hydrogen-bond acceptors (Lipinski definition) is 3. The predicted molar refractivity (Wildman–Crippen MR) is 70.8 cm³/mol. The van der Waals surface area contributed by atoms with Crippen LogP contribution < -0.4 is 11.1 Å². The summed E-state index contributed by atoms with van der Waals surface area (Å²) in [5, 5.41) is 3.00. The van der Waals surface area contributed by atoms with E-state index in [0.717, 1.165) is 19.5 Å². The molecular weight excluding hydrogens is 214 g/mol. The fourth-order valence-corrected chi connectivity index (χ4v) is 2.25. The SMILES string of the molecule is CC(CCN)C(=O)NCCN1CCCCCC1. The fourth-order valence-electron chi connectivity index (χ4n) is 2.25. The highest BCUT2D eigenvalue weighted by Crippen LogP contribution is 2.08. The smallest absolute Gasteiger partial charge is 0.222 e. The number of amides is 1. The lowest BCUT2D eigenvalue weighted by Gasteiger charge is -2.20. The standard InChI is InChI=1S/C13H27N3O/c1-12(6-7-14)13(17)15-8-11-16-9-4-2-3-5-10-16/h12H,2-11,14H2,1H3,(H,15,17). The zero-order chi connectivity index (χ0) is 12.5. The Morgan fingerprint density at radius 2 is 1.94 bits per heavy atom. The molecule has 1 aliphatic rings. The van der Waals surface area contributed by atoms with Crippen LogP contribution in [0.15, 0.2) is 0 Å². The number of nitrogens with two attached hydrogens (primary N) is 1. The Hall–Kier alpha value is -0.610. The van der Waals surface area contributed by atoms with E-state index in [4.69, 9.17) is 5.73 Å². The molecule has 1 atom stereocenters. The van der Waals surface area contributed by atoms with E-state index in [1.54, 1.807) is 0 Å². The molecule has 0 aromatic heterocycles. The average Bonchev–Trinajstić information content (AvgIpc) is 2.58. The maximum Gasteiger partial charge on any atom is 0.222 e. The Morgan fingerprint density at radius 1 is 1.29 bits per heavy atom. The second kappa shape index (κ2) is 8.48. The lowest BCUT2D eigenvalue weighted by Crippen LogP contribution is -2.37. The molecule has 0 bridgehead atoms. The Balaban J connectivity index is 2.11. The lowest BCUT2D eigenvalue weighted by molar-refractivity contribution is -0.124. The molecular formula is C13H27N3O. The van der Waals surface area contributed by atoms with Crippen LogP contribution in [0.3, 0.4) is 0 Å². The van der Waals surface area contributed by atoms with Crippen molar-refractivity contribution in [3.63, 3.8) is 0 Å². The molecule has 0 saturated carbocycles. The summed E-state index contributed by atoms with van der Waals surface area (Å²) in [5.41, 5.74) is 5.44. The number of carbonyl (C=O) groups excluding carboxylic acids is 1. The van der Waals surface area contributed by atoms with E-state index in [0.29, 0.717) is 6.54 Å². The fraction of sp³-hybridized carbons (Fsp3) is 0.923. The van der Waals surface area contributed by atoms with Crippen LogP contribution in [0.25, 0.3) is 0 Å². The molecule has 1 fully saturated rings. The van der Waals surface area contributed by atoms with E-state index in [1.807, 2.05) is 6.92 Å². The first-order chi connectivity index (χ1) is 8.24. The molecule has 0 radical (unpaired) electrons. The second-order valence-electron chi connectivity index (χ2n) is 5.03. The van der Waals surface area contributed by atoms with Crippen molar-refractivity contribution >= 4 is 5.91 Å². The molecule has 1 saturated heterocycles. The summed E-state index contributed by atoms with van der Waals surface area (Å²) >= 11 is 0. The molecule has 4 heteroatoms. The van der Waals surface area contributed by atoms with Crippen LogP contribution in [0.1, 0.15) is 39.0 Å². The van der Waals surface area contributed by atoms with Crippen molar-refractivity contribution in [2.24, 2.45) is 11.7 Å². The van der Waals surface area contributed by atoms with Crippen LogP contribution in [-0.2, 0) is 4.79 Å². The highest BCUT2D eigenvalue weighted by Gasteiger charge is 2.12. The van der Waals surface area contributed by atoms with E-state index in [-0.39, 0.29) is 11.8 Å². The Kier molecular flexibility index (Phi) is 7.21. The molecule has 1 amide bonds. The van der Waals surface area contributed by atoms with Gasteiger partial charge in [0.05, 0.1) is 0 Å². The number of nitrogens with one attached hydrogen (secondary N) is 1. The van der Waals surface area contributed by atoms with Crippen molar-refractivity contribution in [1.82, 2.24) is 10.2 Å². The molecule has 0 aromatic carbocycles. The highest BCUT2D eigenvalue weighted by atomic mass is 16.1. The van der Waals surface area contributed by atoms with Crippen molar-refractivity contribution in [2.45, 2.75) is 39.0 Å². The summed E-state index contributed by atoms with van der Waals surface area (Å²) in [7, 11) is 0. The molecule has 1 rings (SSSR count). The van der Waals surface area contributed by atoms with E-state index < -0.39 is 0 Å². The largest absolute Gasteiger partial charge is 0.355 e. The number of carbonyl (C=O) groups is 1. The van der Waals surface area contributed by atoms with Crippen LogP contribution in [-0.4, -0.2) is 43.5 Å². The minimum atomic E-state index is 0.0455. The third-order valence-electron chi connectivity index (χ3n) is 3.47. The average molecular weight is 241 g/mol. The van der Waals surface area contributed by atoms with Gasteiger partial charge >= 0.3 is 0 Å². The molecule has 17 heavy (non-hydrogen) atoms. The number of likely N-dealkylation sites (tertiary alicyclic amines) is 1. The van der Waals surface area contributed by atoms with Gasteiger partial charge in [0, 0.05) is 19.0 Å². The van der Waals surface area contributed by atoms with Gasteiger partial charge in [0.2, 0.25) is 5.91 Å². The third kappa shape index (κ3) is 6.03. The van der Waals surface area contributed by atoms with Gasteiger partial charge in [-0.05, 0) is 38.9 Å². The van der Waals surface area contributed by atoms with Gasteiger partial charge < -0.3 is 16.0 Å². The van der Waals surface area contributed by atoms with E-state index in [9.17, 15) is 4.79 Å². The van der Waals surface area contributed by atoms with Crippen LogP contribution in [0.4, 0.5) is 0 Å². The van der Waals surface area contributed by atoms with Crippen molar-refractivity contribution in [3.05, 3.63) is 0 Å². The molecule has 3 N–H and O–H groups in total. The van der Waals surface area contributed by atoms with Gasteiger partial charge in [-0.2, -0.15) is 0 Å². The number of nitrogens with zero attached hydrogens (tertiary/aromatic N) is 1. The van der Waals surface area contributed by atoms with Gasteiger partial charge in [-0.15, -0.1) is 0 Å². The van der Waals surface area contributed by atoms with Crippen molar-refractivity contribution in [2.75, 3.05) is 32.7 Å². The predicted octanol–water partition coefficient (Wildman–Crippen LogP) is 0.964. The van der Waals surface area contributed by atoms with Crippen molar-refractivity contribution < 1.29 is 4.79 Å². The van der Waals surface area contributed by atoms with E-state index >= 15 is 0 Å². The topological polar surface area (TPSA) is 58.4 Å². The molecule has 1 heterocycles. The van der Waals surface area contributed by atoms with Crippen molar-refractivity contribution in [3.8, 4) is 0 Å². The van der Waals surface area contributed by atoms with Crippen LogP contribution in [0, 0.1) is 5.92 Å². The molecule has 0 aromatic rings. The summed E-state index contributed by atoms with van der Waals surface area (Å²) in [6, 6.07) is 0. The lowest BCUT2D eigenvalue weighted by atomic mass is 10.1. The molecule has 0 spiro atoms. The van der Waals surface area contributed by atoms with Gasteiger partial charge in [0.1, 0.15) is 0 Å².